The van der Waals surface area contributed by atoms with Crippen LogP contribution in [0.1, 0.15) is 6.92 Å². The van der Waals surface area contributed by atoms with E-state index >= 15 is 0 Å². The fraction of sp³-hybridized carbons (Fsp3) is 0.143. The number of hydrogen-bond acceptors (Lipinski definition) is 2. The molecule has 4 heteroatoms. The fourth-order valence-corrected chi connectivity index (χ4v) is 1.76. The zero-order valence-electron chi connectivity index (χ0n) is 10.0. The van der Waals surface area contributed by atoms with E-state index in [1.165, 1.54) is 6.07 Å². The SMILES string of the molecule is CCCl.O=c1ccnc2c3ccccc3ccn12. The van der Waals surface area contributed by atoms with Gasteiger partial charge in [-0.2, -0.15) is 0 Å². The first-order chi connectivity index (χ1) is 8.77. The van der Waals surface area contributed by atoms with Crippen LogP contribution in [0, 0.1) is 0 Å². The molecule has 0 saturated carbocycles. The van der Waals surface area contributed by atoms with Crippen molar-refractivity contribution in [2.24, 2.45) is 0 Å². The predicted molar refractivity (Wildman–Crippen MR) is 75.4 cm³/mol. The molecule has 0 saturated heterocycles. The Morgan fingerprint density at radius 3 is 2.72 bits per heavy atom. The van der Waals surface area contributed by atoms with E-state index in [1.54, 1.807) is 16.8 Å². The predicted octanol–water partition coefficient (Wildman–Crippen LogP) is 3.09. The van der Waals surface area contributed by atoms with Crippen molar-refractivity contribution in [3.63, 3.8) is 0 Å². The number of fused-ring (bicyclic) bond motifs is 3. The Kier molecular flexibility index (Phi) is 3.95. The quantitative estimate of drug-likeness (QED) is 0.460. The molecule has 1 aromatic carbocycles. The standard InChI is InChI=1S/C12H8N2O.C2H5Cl/c15-11-5-7-13-12-10-4-2-1-3-9(10)6-8-14(11)12;1-2-3/h1-8H;2H2,1H3. The van der Waals surface area contributed by atoms with Crippen molar-refractivity contribution < 1.29 is 0 Å². The molecule has 0 fully saturated rings. The van der Waals surface area contributed by atoms with Crippen molar-refractivity contribution in [3.8, 4) is 0 Å². The van der Waals surface area contributed by atoms with Crippen LogP contribution >= 0.6 is 11.6 Å². The van der Waals surface area contributed by atoms with Gasteiger partial charge in [-0.1, -0.05) is 31.2 Å². The van der Waals surface area contributed by atoms with Crippen LogP contribution in [0.25, 0.3) is 16.4 Å². The summed E-state index contributed by atoms with van der Waals surface area (Å²) in [6, 6.07) is 11.3. The van der Waals surface area contributed by atoms with Crippen molar-refractivity contribution in [1.82, 2.24) is 9.38 Å². The maximum absolute atomic E-state index is 11.5. The molecule has 3 rings (SSSR count). The average Bonchev–Trinajstić information content (AvgIpc) is 2.40. The molecule has 0 aliphatic heterocycles. The summed E-state index contributed by atoms with van der Waals surface area (Å²) < 4.78 is 1.56. The number of rotatable bonds is 0. The van der Waals surface area contributed by atoms with Crippen molar-refractivity contribution in [3.05, 3.63) is 59.1 Å². The Hall–Kier alpha value is -1.87. The third-order valence-corrected chi connectivity index (χ3v) is 2.48. The molecule has 0 radical (unpaired) electrons. The number of pyridine rings is 1. The lowest BCUT2D eigenvalue weighted by atomic mass is 10.2. The molecule has 2 aromatic heterocycles. The van der Waals surface area contributed by atoms with Crippen molar-refractivity contribution in [2.75, 3.05) is 5.88 Å². The number of alkyl halides is 1. The van der Waals surface area contributed by atoms with Crippen LogP contribution in [0.5, 0.6) is 0 Å². The van der Waals surface area contributed by atoms with Gasteiger partial charge in [-0.3, -0.25) is 9.20 Å². The molecule has 0 aliphatic rings. The summed E-state index contributed by atoms with van der Waals surface area (Å²) in [4.78, 5) is 15.8. The van der Waals surface area contributed by atoms with Gasteiger partial charge in [-0.15, -0.1) is 11.6 Å². The minimum atomic E-state index is -0.0502. The lowest BCUT2D eigenvalue weighted by Gasteiger charge is -2.02. The lowest BCUT2D eigenvalue weighted by Crippen LogP contribution is -2.12. The number of nitrogens with zero attached hydrogens (tertiary/aromatic N) is 2. The van der Waals surface area contributed by atoms with Crippen LogP contribution < -0.4 is 5.56 Å². The number of hydrogen-bond donors (Lipinski definition) is 0. The summed E-state index contributed by atoms with van der Waals surface area (Å²) in [5.74, 6) is 0.722. The van der Waals surface area contributed by atoms with Gasteiger partial charge in [0, 0.05) is 29.7 Å². The molecule has 0 atom stereocenters. The van der Waals surface area contributed by atoms with Crippen molar-refractivity contribution in [1.29, 1.82) is 0 Å². The zero-order chi connectivity index (χ0) is 13.0. The molecule has 0 aliphatic carbocycles. The highest BCUT2D eigenvalue weighted by Gasteiger charge is 2.00. The largest absolute Gasteiger partial charge is 0.269 e. The summed E-state index contributed by atoms with van der Waals surface area (Å²) in [6.45, 7) is 1.89. The molecule has 2 heterocycles. The molecule has 18 heavy (non-hydrogen) atoms. The second kappa shape index (κ2) is 5.65. The summed E-state index contributed by atoms with van der Waals surface area (Å²) in [6.07, 6.45) is 3.30. The Balaban J connectivity index is 0.000000367. The number of aromatic nitrogens is 2. The maximum Gasteiger partial charge on any atom is 0.257 e. The normalized spacial score (nSPS) is 10.1. The molecular formula is C14H13ClN2O. The van der Waals surface area contributed by atoms with Crippen molar-refractivity contribution >= 4 is 28.0 Å². The van der Waals surface area contributed by atoms with Gasteiger partial charge in [-0.05, 0) is 11.5 Å². The summed E-state index contributed by atoms with van der Waals surface area (Å²) in [5.41, 5.74) is 0.659. The van der Waals surface area contributed by atoms with Crippen LogP contribution in [0.4, 0.5) is 0 Å². The van der Waals surface area contributed by atoms with Gasteiger partial charge in [0.25, 0.3) is 5.56 Å². The molecule has 0 spiro atoms. The fourth-order valence-electron chi connectivity index (χ4n) is 1.76. The monoisotopic (exact) mass is 260 g/mol. The molecule has 0 unspecified atom stereocenters. The molecule has 3 aromatic rings. The minimum absolute atomic E-state index is 0.0502. The van der Waals surface area contributed by atoms with Crippen LogP contribution in [0.3, 0.4) is 0 Å². The molecule has 3 nitrogen and oxygen atoms in total. The van der Waals surface area contributed by atoms with E-state index < -0.39 is 0 Å². The van der Waals surface area contributed by atoms with Gasteiger partial charge < -0.3 is 0 Å². The Labute approximate surface area is 110 Å². The molecule has 0 bridgehead atoms. The Morgan fingerprint density at radius 1 is 1.22 bits per heavy atom. The second-order valence-corrected chi connectivity index (χ2v) is 4.18. The van der Waals surface area contributed by atoms with Crippen LogP contribution in [-0.2, 0) is 0 Å². The van der Waals surface area contributed by atoms with Crippen molar-refractivity contribution in [2.45, 2.75) is 6.92 Å². The van der Waals surface area contributed by atoms with Crippen LogP contribution in [-0.4, -0.2) is 15.3 Å². The topological polar surface area (TPSA) is 34.4 Å². The summed E-state index contributed by atoms with van der Waals surface area (Å²) in [5, 5.41) is 2.09. The lowest BCUT2D eigenvalue weighted by molar-refractivity contribution is 1.06. The molecular weight excluding hydrogens is 248 g/mol. The van der Waals surface area contributed by atoms with E-state index in [2.05, 4.69) is 4.98 Å². The van der Waals surface area contributed by atoms with E-state index in [1.807, 2.05) is 37.3 Å². The summed E-state index contributed by atoms with van der Waals surface area (Å²) in [7, 11) is 0. The highest BCUT2D eigenvalue weighted by molar-refractivity contribution is 6.17. The van der Waals surface area contributed by atoms with E-state index in [0.29, 0.717) is 5.65 Å². The molecule has 0 amide bonds. The number of halogens is 1. The average molecular weight is 261 g/mol. The van der Waals surface area contributed by atoms with Gasteiger partial charge in [0.05, 0.1) is 0 Å². The highest BCUT2D eigenvalue weighted by atomic mass is 35.5. The van der Waals surface area contributed by atoms with Gasteiger partial charge >= 0.3 is 0 Å². The van der Waals surface area contributed by atoms with Gasteiger partial charge in [0.15, 0.2) is 0 Å². The van der Waals surface area contributed by atoms with Crippen LogP contribution in [0.15, 0.2) is 53.6 Å². The third kappa shape index (κ3) is 2.36. The van der Waals surface area contributed by atoms with Crippen LogP contribution in [0.2, 0.25) is 0 Å². The first-order valence-corrected chi connectivity index (χ1v) is 6.22. The van der Waals surface area contributed by atoms with E-state index in [9.17, 15) is 4.79 Å². The molecule has 92 valence electrons. The Bertz CT molecular complexity index is 721. The van der Waals surface area contributed by atoms with Gasteiger partial charge in [0.2, 0.25) is 0 Å². The number of benzene rings is 1. The summed E-state index contributed by atoms with van der Waals surface area (Å²) >= 11 is 5.00. The molecule has 0 N–H and O–H groups in total. The Morgan fingerprint density at radius 2 is 1.94 bits per heavy atom. The third-order valence-electron chi connectivity index (χ3n) is 2.48. The van der Waals surface area contributed by atoms with Gasteiger partial charge in [-0.25, -0.2) is 4.98 Å². The van der Waals surface area contributed by atoms with E-state index in [0.717, 1.165) is 16.7 Å². The van der Waals surface area contributed by atoms with E-state index in [-0.39, 0.29) is 5.56 Å². The maximum atomic E-state index is 11.5. The second-order valence-electron chi connectivity index (χ2n) is 3.65. The zero-order valence-corrected chi connectivity index (χ0v) is 10.8. The minimum Gasteiger partial charge on any atom is -0.269 e. The highest BCUT2D eigenvalue weighted by Crippen LogP contribution is 2.16. The van der Waals surface area contributed by atoms with E-state index in [4.69, 9.17) is 11.6 Å². The smallest absolute Gasteiger partial charge is 0.257 e. The first kappa shape index (κ1) is 12.6. The van der Waals surface area contributed by atoms with Gasteiger partial charge in [0.1, 0.15) is 5.65 Å². The first-order valence-electron chi connectivity index (χ1n) is 5.69.